The lowest BCUT2D eigenvalue weighted by molar-refractivity contribution is 1.01. The third-order valence-corrected chi connectivity index (χ3v) is 2.58. The second-order valence-electron chi connectivity index (χ2n) is 3.40. The minimum absolute atomic E-state index is 0.0335. The van der Waals surface area contributed by atoms with Crippen molar-refractivity contribution < 1.29 is 0 Å². The van der Waals surface area contributed by atoms with Gasteiger partial charge >= 0.3 is 0 Å². The molecule has 0 bridgehead atoms. The summed E-state index contributed by atoms with van der Waals surface area (Å²) < 4.78 is 0. The van der Waals surface area contributed by atoms with Gasteiger partial charge in [-0.1, -0.05) is 13.8 Å². The molecule has 2 aromatic rings. The van der Waals surface area contributed by atoms with Gasteiger partial charge < -0.3 is 9.97 Å². The molecular formula is C11H14N2O. The summed E-state index contributed by atoms with van der Waals surface area (Å²) in [5.74, 6) is 0. The minimum Gasteiger partial charge on any atom is -0.357 e. The molecule has 0 saturated carbocycles. The summed E-state index contributed by atoms with van der Waals surface area (Å²) >= 11 is 0. The molecule has 0 saturated heterocycles. The maximum atomic E-state index is 11.2. The number of pyridine rings is 1. The Labute approximate surface area is 82.2 Å². The Balaban J connectivity index is 2.81. The number of aryl methyl sites for hydroxylation is 2. The van der Waals surface area contributed by atoms with Crippen LogP contribution in [0.1, 0.15) is 25.1 Å². The van der Waals surface area contributed by atoms with E-state index in [9.17, 15) is 4.79 Å². The van der Waals surface area contributed by atoms with Crippen LogP contribution in [-0.2, 0) is 12.8 Å². The number of hydrogen-bond acceptors (Lipinski definition) is 1. The Kier molecular flexibility index (Phi) is 2.15. The molecule has 2 N–H and O–H groups in total. The van der Waals surface area contributed by atoms with Gasteiger partial charge in [0.15, 0.2) is 0 Å². The molecule has 0 spiro atoms. The largest absolute Gasteiger partial charge is 0.357 e. The number of aromatic nitrogens is 2. The monoisotopic (exact) mass is 190 g/mol. The molecule has 0 atom stereocenters. The van der Waals surface area contributed by atoms with Gasteiger partial charge in [0.25, 0.3) is 0 Å². The van der Waals surface area contributed by atoms with E-state index in [1.54, 1.807) is 6.07 Å². The number of fused-ring (bicyclic) bond motifs is 1. The van der Waals surface area contributed by atoms with Crippen LogP contribution in [0.2, 0.25) is 0 Å². The maximum absolute atomic E-state index is 11.2. The van der Waals surface area contributed by atoms with Gasteiger partial charge in [0.1, 0.15) is 0 Å². The van der Waals surface area contributed by atoms with Crippen LogP contribution in [0.3, 0.4) is 0 Å². The zero-order valence-corrected chi connectivity index (χ0v) is 8.48. The quantitative estimate of drug-likeness (QED) is 0.747. The predicted octanol–water partition coefficient (Wildman–Crippen LogP) is 1.98. The highest BCUT2D eigenvalue weighted by Gasteiger charge is 2.08. The Hall–Kier alpha value is -1.51. The van der Waals surface area contributed by atoms with Crippen molar-refractivity contribution in [3.8, 4) is 0 Å². The van der Waals surface area contributed by atoms with Gasteiger partial charge in [-0.3, -0.25) is 4.79 Å². The number of rotatable bonds is 2. The SMILES string of the molecule is CCc1[nH]c2ccc(=O)[nH]c2c1CC. The summed E-state index contributed by atoms with van der Waals surface area (Å²) in [5, 5.41) is 0. The number of H-pyrrole nitrogens is 2. The van der Waals surface area contributed by atoms with Gasteiger partial charge in [-0.25, -0.2) is 0 Å². The molecule has 3 nitrogen and oxygen atoms in total. The first-order valence-electron chi connectivity index (χ1n) is 4.99. The molecule has 2 aromatic heterocycles. The zero-order valence-electron chi connectivity index (χ0n) is 8.48. The summed E-state index contributed by atoms with van der Waals surface area (Å²) in [6.07, 6.45) is 1.92. The lowest BCUT2D eigenvalue weighted by atomic mass is 10.1. The zero-order chi connectivity index (χ0) is 10.1. The molecule has 0 aromatic carbocycles. The lowest BCUT2D eigenvalue weighted by Gasteiger charge is -1.96. The van der Waals surface area contributed by atoms with E-state index >= 15 is 0 Å². The lowest BCUT2D eigenvalue weighted by Crippen LogP contribution is -2.02. The van der Waals surface area contributed by atoms with E-state index in [4.69, 9.17) is 0 Å². The molecule has 74 valence electrons. The molecular weight excluding hydrogens is 176 g/mol. The maximum Gasteiger partial charge on any atom is 0.248 e. The van der Waals surface area contributed by atoms with Crippen LogP contribution in [0.25, 0.3) is 11.0 Å². The van der Waals surface area contributed by atoms with E-state index in [1.165, 1.54) is 11.3 Å². The Morgan fingerprint density at radius 1 is 1.14 bits per heavy atom. The molecule has 0 aliphatic rings. The van der Waals surface area contributed by atoms with Crippen molar-refractivity contribution in [2.45, 2.75) is 26.7 Å². The topological polar surface area (TPSA) is 48.6 Å². The van der Waals surface area contributed by atoms with Gasteiger partial charge in [0, 0.05) is 11.8 Å². The highest BCUT2D eigenvalue weighted by Crippen LogP contribution is 2.19. The Morgan fingerprint density at radius 2 is 1.93 bits per heavy atom. The molecule has 0 radical (unpaired) electrons. The van der Waals surface area contributed by atoms with Crippen LogP contribution in [0.5, 0.6) is 0 Å². The summed E-state index contributed by atoms with van der Waals surface area (Å²) in [4.78, 5) is 17.4. The van der Waals surface area contributed by atoms with Crippen molar-refractivity contribution in [3.63, 3.8) is 0 Å². The number of hydrogen-bond donors (Lipinski definition) is 2. The van der Waals surface area contributed by atoms with Crippen LogP contribution >= 0.6 is 0 Å². The number of aromatic amines is 2. The van der Waals surface area contributed by atoms with E-state index in [-0.39, 0.29) is 5.56 Å². The van der Waals surface area contributed by atoms with Gasteiger partial charge in [-0.15, -0.1) is 0 Å². The van der Waals surface area contributed by atoms with Crippen LogP contribution < -0.4 is 5.56 Å². The predicted molar refractivity (Wildman–Crippen MR) is 57.7 cm³/mol. The smallest absolute Gasteiger partial charge is 0.248 e. The second kappa shape index (κ2) is 3.33. The first-order chi connectivity index (χ1) is 6.76. The van der Waals surface area contributed by atoms with Gasteiger partial charge in [-0.05, 0) is 24.5 Å². The average molecular weight is 190 g/mol. The molecule has 2 rings (SSSR count). The summed E-state index contributed by atoms with van der Waals surface area (Å²) in [5.41, 5.74) is 4.42. The number of nitrogens with one attached hydrogen (secondary N) is 2. The Bertz CT molecular complexity index is 507. The Morgan fingerprint density at radius 3 is 2.57 bits per heavy atom. The van der Waals surface area contributed by atoms with Gasteiger partial charge in [-0.2, -0.15) is 0 Å². The van der Waals surface area contributed by atoms with Crippen molar-refractivity contribution in [3.05, 3.63) is 33.7 Å². The normalized spacial score (nSPS) is 11.0. The van der Waals surface area contributed by atoms with Crippen molar-refractivity contribution in [2.75, 3.05) is 0 Å². The van der Waals surface area contributed by atoms with Gasteiger partial charge in [0.2, 0.25) is 5.56 Å². The van der Waals surface area contributed by atoms with E-state index < -0.39 is 0 Å². The molecule has 0 amide bonds. The van der Waals surface area contributed by atoms with Crippen molar-refractivity contribution >= 4 is 11.0 Å². The minimum atomic E-state index is -0.0335. The second-order valence-corrected chi connectivity index (χ2v) is 3.40. The van der Waals surface area contributed by atoms with Crippen LogP contribution in [-0.4, -0.2) is 9.97 Å². The fourth-order valence-corrected chi connectivity index (χ4v) is 1.90. The van der Waals surface area contributed by atoms with Gasteiger partial charge in [0.05, 0.1) is 11.0 Å². The standard InChI is InChI=1S/C11H14N2O/c1-3-7-8(4-2)12-9-5-6-10(14)13-11(7)9/h5-6,12H,3-4H2,1-2H3,(H,13,14). The summed E-state index contributed by atoms with van der Waals surface area (Å²) in [6.45, 7) is 4.22. The summed E-state index contributed by atoms with van der Waals surface area (Å²) in [6, 6.07) is 3.39. The van der Waals surface area contributed by atoms with Crippen molar-refractivity contribution in [1.82, 2.24) is 9.97 Å². The molecule has 0 aliphatic carbocycles. The fourth-order valence-electron chi connectivity index (χ4n) is 1.90. The fraction of sp³-hybridized carbons (Fsp3) is 0.364. The third-order valence-electron chi connectivity index (χ3n) is 2.58. The van der Waals surface area contributed by atoms with E-state index in [0.29, 0.717) is 0 Å². The first-order valence-corrected chi connectivity index (χ1v) is 4.99. The van der Waals surface area contributed by atoms with Crippen LogP contribution in [0.15, 0.2) is 16.9 Å². The molecule has 2 heterocycles. The van der Waals surface area contributed by atoms with Crippen LogP contribution in [0.4, 0.5) is 0 Å². The highest BCUT2D eigenvalue weighted by atomic mass is 16.1. The van der Waals surface area contributed by atoms with Crippen molar-refractivity contribution in [2.24, 2.45) is 0 Å². The first kappa shape index (κ1) is 9.06. The molecule has 3 heteroatoms. The van der Waals surface area contributed by atoms with E-state index in [2.05, 4.69) is 23.8 Å². The third kappa shape index (κ3) is 1.25. The molecule has 0 aliphatic heterocycles. The summed E-state index contributed by atoms with van der Waals surface area (Å²) in [7, 11) is 0. The molecule has 0 fully saturated rings. The highest BCUT2D eigenvalue weighted by molar-refractivity contribution is 5.80. The van der Waals surface area contributed by atoms with E-state index in [1.807, 2.05) is 6.07 Å². The molecule has 0 unspecified atom stereocenters. The van der Waals surface area contributed by atoms with E-state index in [0.717, 1.165) is 23.9 Å². The molecule has 14 heavy (non-hydrogen) atoms. The van der Waals surface area contributed by atoms with Crippen LogP contribution in [0, 0.1) is 0 Å². The van der Waals surface area contributed by atoms with Crippen molar-refractivity contribution in [1.29, 1.82) is 0 Å². The average Bonchev–Trinajstić information content (AvgIpc) is 2.54.